The quantitative estimate of drug-likeness (QED) is 0.697. The second-order valence-corrected chi connectivity index (χ2v) is 4.90. The Balaban J connectivity index is 0.00000264. The third kappa shape index (κ3) is 5.14. The van der Waals surface area contributed by atoms with Crippen molar-refractivity contribution in [3.8, 4) is 6.07 Å². The van der Waals surface area contributed by atoms with Crippen LogP contribution in [0.5, 0.6) is 0 Å². The minimum absolute atomic E-state index is 0. The van der Waals surface area contributed by atoms with Gasteiger partial charge in [0.1, 0.15) is 11.6 Å². The number of nitriles is 1. The van der Waals surface area contributed by atoms with Gasteiger partial charge in [0, 0.05) is 11.9 Å². The Bertz CT molecular complexity index is 713. The van der Waals surface area contributed by atoms with Gasteiger partial charge in [-0.3, -0.25) is 0 Å². The van der Waals surface area contributed by atoms with Gasteiger partial charge in [0.25, 0.3) is 0 Å². The maximum absolute atomic E-state index is 13.4. The first-order valence-corrected chi connectivity index (χ1v) is 6.61. The molecule has 0 radical (unpaired) electrons. The summed E-state index contributed by atoms with van der Waals surface area (Å²) in [7, 11) is 0. The number of carboxylic acids is 1. The summed E-state index contributed by atoms with van der Waals surface area (Å²) in [6.45, 7) is 0. The molecule has 0 aliphatic heterocycles. The van der Waals surface area contributed by atoms with Gasteiger partial charge in [-0.05, 0) is 41.8 Å². The molecule has 0 N–H and O–H groups in total. The molecule has 0 bridgehead atoms. The van der Waals surface area contributed by atoms with Crippen molar-refractivity contribution in [2.45, 2.75) is 18.3 Å². The van der Waals surface area contributed by atoms with Crippen LogP contribution in [-0.2, 0) is 4.79 Å². The van der Waals surface area contributed by atoms with Gasteiger partial charge in [-0.1, -0.05) is 24.3 Å². The SMILES string of the molecule is N#CC(c1cccc(F)c1)C(CC(=O)[O-])c1ccc(F)cc1.[Na+]. The van der Waals surface area contributed by atoms with Gasteiger partial charge in [0.05, 0.1) is 12.0 Å². The van der Waals surface area contributed by atoms with Crippen LogP contribution in [0.3, 0.4) is 0 Å². The van der Waals surface area contributed by atoms with E-state index in [1.165, 1.54) is 42.5 Å². The minimum Gasteiger partial charge on any atom is -0.550 e. The molecule has 2 aromatic rings. The van der Waals surface area contributed by atoms with Crippen LogP contribution in [0, 0.1) is 23.0 Å². The third-order valence-corrected chi connectivity index (χ3v) is 3.43. The van der Waals surface area contributed by atoms with Crippen LogP contribution >= 0.6 is 0 Å². The maximum atomic E-state index is 13.4. The van der Waals surface area contributed by atoms with Gasteiger partial charge < -0.3 is 9.90 Å². The van der Waals surface area contributed by atoms with Gasteiger partial charge in [0.15, 0.2) is 0 Å². The van der Waals surface area contributed by atoms with E-state index in [-0.39, 0.29) is 29.6 Å². The zero-order valence-corrected chi connectivity index (χ0v) is 14.5. The van der Waals surface area contributed by atoms with E-state index in [4.69, 9.17) is 0 Å². The number of aliphatic carboxylic acids is 1. The number of benzene rings is 2. The molecule has 2 unspecified atom stereocenters. The van der Waals surface area contributed by atoms with Crippen molar-refractivity contribution in [2.75, 3.05) is 0 Å². The van der Waals surface area contributed by atoms with Gasteiger partial charge in [-0.25, -0.2) is 8.78 Å². The molecule has 112 valence electrons. The average molecular weight is 323 g/mol. The first-order valence-electron chi connectivity index (χ1n) is 6.61. The summed E-state index contributed by atoms with van der Waals surface area (Å²) in [5, 5.41) is 20.4. The van der Waals surface area contributed by atoms with Crippen molar-refractivity contribution in [1.29, 1.82) is 5.26 Å². The summed E-state index contributed by atoms with van der Waals surface area (Å²) in [4.78, 5) is 11.0. The van der Waals surface area contributed by atoms with Crippen molar-refractivity contribution >= 4 is 5.97 Å². The normalized spacial score (nSPS) is 12.6. The first-order chi connectivity index (χ1) is 10.5. The standard InChI is InChI=1S/C17H13F2NO2.Na/c18-13-6-4-11(5-7-13)15(9-17(21)22)16(10-20)12-2-1-3-14(19)8-12;/h1-8,15-16H,9H2,(H,21,22);/q;+1/p-1. The molecule has 0 aliphatic rings. The van der Waals surface area contributed by atoms with Gasteiger partial charge in [0.2, 0.25) is 0 Å². The molecule has 6 heteroatoms. The molecule has 0 fully saturated rings. The molecular formula is C17H12F2NNaO2. The molecule has 3 nitrogen and oxygen atoms in total. The number of hydrogen-bond acceptors (Lipinski definition) is 3. The molecular weight excluding hydrogens is 311 g/mol. The first kappa shape index (κ1) is 19.3. The molecule has 0 heterocycles. The van der Waals surface area contributed by atoms with E-state index in [2.05, 4.69) is 0 Å². The minimum atomic E-state index is -1.33. The van der Waals surface area contributed by atoms with E-state index in [0.29, 0.717) is 11.1 Å². The largest absolute Gasteiger partial charge is 1.00 e. The topological polar surface area (TPSA) is 63.9 Å². The second kappa shape index (κ2) is 8.78. The second-order valence-electron chi connectivity index (χ2n) is 4.90. The average Bonchev–Trinajstić information content (AvgIpc) is 2.47. The van der Waals surface area contributed by atoms with Crippen LogP contribution in [0.2, 0.25) is 0 Å². The summed E-state index contributed by atoms with van der Waals surface area (Å²) < 4.78 is 26.4. The van der Waals surface area contributed by atoms with Gasteiger partial charge in [-0.2, -0.15) is 5.26 Å². The number of halogens is 2. The number of rotatable bonds is 5. The summed E-state index contributed by atoms with van der Waals surface area (Å²) >= 11 is 0. The fourth-order valence-corrected chi connectivity index (χ4v) is 2.41. The van der Waals surface area contributed by atoms with Crippen LogP contribution < -0.4 is 34.7 Å². The Morgan fingerprint density at radius 3 is 2.26 bits per heavy atom. The zero-order chi connectivity index (χ0) is 16.1. The van der Waals surface area contributed by atoms with Crippen LogP contribution in [0.1, 0.15) is 29.4 Å². The Morgan fingerprint density at radius 1 is 1.09 bits per heavy atom. The monoisotopic (exact) mass is 323 g/mol. The van der Waals surface area contributed by atoms with E-state index >= 15 is 0 Å². The van der Waals surface area contributed by atoms with Crippen molar-refractivity contribution in [3.63, 3.8) is 0 Å². The van der Waals surface area contributed by atoms with E-state index in [9.17, 15) is 23.9 Å². The number of carbonyl (C=O) groups excluding carboxylic acids is 1. The molecule has 0 saturated heterocycles. The van der Waals surface area contributed by atoms with Crippen LogP contribution in [0.4, 0.5) is 8.78 Å². The molecule has 0 aromatic heterocycles. The summed E-state index contributed by atoms with van der Waals surface area (Å²) in [6.07, 6.45) is -0.416. The number of carbonyl (C=O) groups is 1. The molecule has 2 rings (SSSR count). The fourth-order valence-electron chi connectivity index (χ4n) is 2.41. The number of hydrogen-bond donors (Lipinski definition) is 0. The van der Waals surface area contributed by atoms with Crippen molar-refractivity contribution in [1.82, 2.24) is 0 Å². The molecule has 0 spiro atoms. The summed E-state index contributed by atoms with van der Waals surface area (Å²) in [5.41, 5.74) is 0.861. The van der Waals surface area contributed by atoms with E-state index in [1.54, 1.807) is 6.07 Å². The zero-order valence-electron chi connectivity index (χ0n) is 12.5. The van der Waals surface area contributed by atoms with Crippen molar-refractivity contribution < 1.29 is 48.2 Å². The smallest absolute Gasteiger partial charge is 0.550 e. The van der Waals surface area contributed by atoms with Crippen LogP contribution in [0.25, 0.3) is 0 Å². The number of nitrogens with zero attached hydrogens (tertiary/aromatic N) is 1. The molecule has 23 heavy (non-hydrogen) atoms. The predicted molar refractivity (Wildman–Crippen MR) is 73.5 cm³/mol. The van der Waals surface area contributed by atoms with Crippen molar-refractivity contribution in [3.05, 3.63) is 71.3 Å². The Morgan fingerprint density at radius 2 is 1.74 bits per heavy atom. The third-order valence-electron chi connectivity index (χ3n) is 3.43. The molecule has 0 aliphatic carbocycles. The van der Waals surface area contributed by atoms with Gasteiger partial charge >= 0.3 is 29.6 Å². The molecule has 2 aromatic carbocycles. The van der Waals surface area contributed by atoms with Crippen LogP contribution in [-0.4, -0.2) is 5.97 Å². The van der Waals surface area contributed by atoms with Crippen molar-refractivity contribution in [2.24, 2.45) is 0 Å². The Labute approximate surface area is 154 Å². The predicted octanol–water partition coefficient (Wildman–Crippen LogP) is -0.500. The maximum Gasteiger partial charge on any atom is 1.00 e. The number of carboxylic acid groups (broad SMARTS) is 1. The fraction of sp³-hybridized carbons (Fsp3) is 0.176. The summed E-state index contributed by atoms with van der Waals surface area (Å²) in [5.74, 6) is -3.93. The molecule has 0 amide bonds. The molecule has 0 saturated carbocycles. The van der Waals surface area contributed by atoms with E-state index in [0.717, 1.165) is 0 Å². The Kier molecular flexibility index (Phi) is 7.37. The summed E-state index contributed by atoms with van der Waals surface area (Å²) in [6, 6.07) is 12.7. The Hall–Kier alpha value is -1.74. The van der Waals surface area contributed by atoms with E-state index in [1.807, 2.05) is 6.07 Å². The van der Waals surface area contributed by atoms with Gasteiger partial charge in [-0.15, -0.1) is 0 Å². The molecule has 2 atom stereocenters. The van der Waals surface area contributed by atoms with E-state index < -0.39 is 35.9 Å². The van der Waals surface area contributed by atoms with Crippen LogP contribution in [0.15, 0.2) is 48.5 Å².